The number of nitrogens with zero attached hydrogens (tertiary/aromatic N) is 1. The third-order valence-corrected chi connectivity index (χ3v) is 4.12. The Labute approximate surface area is 114 Å². The Kier molecular flexibility index (Phi) is 3.74. The van der Waals surface area contributed by atoms with Crippen LogP contribution in [0.5, 0.6) is 0 Å². The molecule has 0 radical (unpaired) electrons. The molecule has 0 bridgehead atoms. The number of amides is 1. The molecule has 0 spiro atoms. The van der Waals surface area contributed by atoms with Crippen molar-refractivity contribution in [3.05, 3.63) is 33.9 Å². The van der Waals surface area contributed by atoms with Gasteiger partial charge in [-0.1, -0.05) is 6.07 Å². The fourth-order valence-corrected chi connectivity index (χ4v) is 2.71. The number of carbonyl (C=O) groups excluding carboxylic acids is 2. The lowest BCUT2D eigenvalue weighted by Crippen LogP contribution is -2.40. The average Bonchev–Trinajstić information content (AvgIpc) is 2.36. The number of ketones is 1. The first-order valence-corrected chi connectivity index (χ1v) is 6.80. The molecule has 1 aliphatic heterocycles. The molecule has 2 rings (SSSR count). The summed E-state index contributed by atoms with van der Waals surface area (Å²) in [5.74, 6) is 0.175. The maximum Gasteiger partial charge on any atom is 0.254 e. The van der Waals surface area contributed by atoms with E-state index in [1.807, 2.05) is 27.7 Å². The molecule has 0 atom stereocenters. The molecular formula is C16H21NO2. The summed E-state index contributed by atoms with van der Waals surface area (Å²) in [6.07, 6.45) is 1.39. The number of piperidine rings is 1. The van der Waals surface area contributed by atoms with Crippen LogP contribution in [0.25, 0.3) is 0 Å². The third kappa shape index (κ3) is 2.55. The Morgan fingerprint density at radius 2 is 1.68 bits per heavy atom. The van der Waals surface area contributed by atoms with Gasteiger partial charge in [-0.05, 0) is 56.4 Å². The quantitative estimate of drug-likeness (QED) is 0.777. The first-order valence-electron chi connectivity index (χ1n) is 6.80. The predicted octanol–water partition coefficient (Wildman–Crippen LogP) is 2.73. The molecule has 3 nitrogen and oxygen atoms in total. The van der Waals surface area contributed by atoms with Gasteiger partial charge in [-0.2, -0.15) is 0 Å². The first kappa shape index (κ1) is 13.8. The SMILES string of the molecule is Cc1cc(C)c(C)c(C(=O)N2CCCC(=O)C2)c1C. The minimum absolute atomic E-state index is 0.00912. The Balaban J connectivity index is 2.41. The van der Waals surface area contributed by atoms with E-state index in [1.165, 1.54) is 0 Å². The minimum Gasteiger partial charge on any atom is -0.331 e. The van der Waals surface area contributed by atoms with Crippen molar-refractivity contribution in [1.29, 1.82) is 0 Å². The standard InChI is InChI=1S/C16H21NO2/c1-10-8-11(2)13(4)15(12(10)3)16(19)17-7-5-6-14(18)9-17/h8H,5-7,9H2,1-4H3. The van der Waals surface area contributed by atoms with Gasteiger partial charge in [-0.25, -0.2) is 0 Å². The summed E-state index contributed by atoms with van der Waals surface area (Å²) in [5.41, 5.74) is 5.12. The molecule has 0 N–H and O–H groups in total. The van der Waals surface area contributed by atoms with Gasteiger partial charge in [0.05, 0.1) is 6.54 Å². The van der Waals surface area contributed by atoms with Gasteiger partial charge in [0.15, 0.2) is 5.78 Å². The van der Waals surface area contributed by atoms with Crippen LogP contribution in [0.4, 0.5) is 0 Å². The highest BCUT2D eigenvalue weighted by atomic mass is 16.2. The molecule has 0 unspecified atom stereocenters. The van der Waals surface area contributed by atoms with Crippen LogP contribution in [-0.2, 0) is 4.79 Å². The molecular weight excluding hydrogens is 238 g/mol. The van der Waals surface area contributed by atoms with Crippen molar-refractivity contribution in [2.24, 2.45) is 0 Å². The summed E-state index contributed by atoms with van der Waals surface area (Å²) in [7, 11) is 0. The molecule has 1 amide bonds. The van der Waals surface area contributed by atoms with E-state index in [2.05, 4.69) is 6.07 Å². The summed E-state index contributed by atoms with van der Waals surface area (Å²) in [4.78, 5) is 25.9. The van der Waals surface area contributed by atoms with E-state index in [-0.39, 0.29) is 18.2 Å². The smallest absolute Gasteiger partial charge is 0.254 e. The monoisotopic (exact) mass is 259 g/mol. The summed E-state index contributed by atoms with van der Waals surface area (Å²) in [6.45, 7) is 8.99. The lowest BCUT2D eigenvalue weighted by molar-refractivity contribution is -0.121. The summed E-state index contributed by atoms with van der Waals surface area (Å²) in [5, 5.41) is 0. The van der Waals surface area contributed by atoms with E-state index < -0.39 is 0 Å². The van der Waals surface area contributed by atoms with E-state index in [4.69, 9.17) is 0 Å². The van der Waals surface area contributed by atoms with Gasteiger partial charge in [-0.15, -0.1) is 0 Å². The van der Waals surface area contributed by atoms with Gasteiger partial charge in [0.25, 0.3) is 5.91 Å². The van der Waals surface area contributed by atoms with Gasteiger partial charge in [0, 0.05) is 18.5 Å². The van der Waals surface area contributed by atoms with Gasteiger partial charge in [-0.3, -0.25) is 9.59 Å². The molecule has 0 saturated carbocycles. The van der Waals surface area contributed by atoms with Gasteiger partial charge in [0.1, 0.15) is 0 Å². The highest BCUT2D eigenvalue weighted by molar-refractivity contribution is 6.00. The average molecular weight is 259 g/mol. The van der Waals surface area contributed by atoms with Crippen molar-refractivity contribution in [3.63, 3.8) is 0 Å². The van der Waals surface area contributed by atoms with Crippen molar-refractivity contribution in [1.82, 2.24) is 4.90 Å². The van der Waals surface area contributed by atoms with Crippen LogP contribution in [0.3, 0.4) is 0 Å². The second-order valence-electron chi connectivity index (χ2n) is 5.50. The zero-order valence-corrected chi connectivity index (χ0v) is 12.2. The zero-order chi connectivity index (χ0) is 14.2. The number of carbonyl (C=O) groups is 2. The minimum atomic E-state index is 0.00912. The van der Waals surface area contributed by atoms with Crippen molar-refractivity contribution in [2.45, 2.75) is 40.5 Å². The Morgan fingerprint density at radius 1 is 1.11 bits per heavy atom. The van der Waals surface area contributed by atoms with E-state index in [9.17, 15) is 9.59 Å². The molecule has 1 fully saturated rings. The number of hydrogen-bond donors (Lipinski definition) is 0. The molecule has 102 valence electrons. The largest absolute Gasteiger partial charge is 0.331 e. The molecule has 0 aromatic heterocycles. The van der Waals surface area contributed by atoms with E-state index in [0.29, 0.717) is 13.0 Å². The third-order valence-electron chi connectivity index (χ3n) is 4.12. The highest BCUT2D eigenvalue weighted by Crippen LogP contribution is 2.24. The van der Waals surface area contributed by atoms with Crippen LogP contribution in [0.2, 0.25) is 0 Å². The molecule has 19 heavy (non-hydrogen) atoms. The second-order valence-corrected chi connectivity index (χ2v) is 5.50. The lowest BCUT2D eigenvalue weighted by Gasteiger charge is -2.28. The van der Waals surface area contributed by atoms with Crippen LogP contribution >= 0.6 is 0 Å². The molecule has 0 aliphatic carbocycles. The second kappa shape index (κ2) is 5.16. The Hall–Kier alpha value is -1.64. The van der Waals surface area contributed by atoms with Crippen molar-refractivity contribution in [3.8, 4) is 0 Å². The maximum absolute atomic E-state index is 12.7. The molecule has 1 saturated heterocycles. The normalized spacial score (nSPS) is 15.8. The van der Waals surface area contributed by atoms with E-state index in [0.717, 1.165) is 34.2 Å². The number of rotatable bonds is 1. The zero-order valence-electron chi connectivity index (χ0n) is 12.2. The fraction of sp³-hybridized carbons (Fsp3) is 0.500. The number of likely N-dealkylation sites (tertiary alicyclic amines) is 1. The lowest BCUT2D eigenvalue weighted by atomic mass is 9.93. The van der Waals surface area contributed by atoms with Crippen LogP contribution in [0.15, 0.2) is 6.07 Å². The maximum atomic E-state index is 12.7. The molecule has 1 aliphatic rings. The Bertz CT molecular complexity index is 520. The number of aryl methyl sites for hydroxylation is 2. The van der Waals surface area contributed by atoms with Crippen LogP contribution in [0, 0.1) is 27.7 Å². The number of Topliss-reactive ketones (excluding diaryl/α,β-unsaturated/α-hetero) is 1. The predicted molar refractivity (Wildman–Crippen MR) is 75.5 cm³/mol. The first-order chi connectivity index (χ1) is 8.91. The fourth-order valence-electron chi connectivity index (χ4n) is 2.71. The van der Waals surface area contributed by atoms with Crippen LogP contribution in [0.1, 0.15) is 45.5 Å². The van der Waals surface area contributed by atoms with Gasteiger partial charge >= 0.3 is 0 Å². The summed E-state index contributed by atoms with van der Waals surface area (Å²) < 4.78 is 0. The highest BCUT2D eigenvalue weighted by Gasteiger charge is 2.25. The van der Waals surface area contributed by atoms with Crippen LogP contribution in [-0.4, -0.2) is 29.7 Å². The van der Waals surface area contributed by atoms with Crippen molar-refractivity contribution < 1.29 is 9.59 Å². The molecule has 1 aromatic rings. The van der Waals surface area contributed by atoms with Gasteiger partial charge in [0.2, 0.25) is 0 Å². The Morgan fingerprint density at radius 3 is 2.21 bits per heavy atom. The van der Waals surface area contributed by atoms with Crippen LogP contribution < -0.4 is 0 Å². The van der Waals surface area contributed by atoms with Gasteiger partial charge < -0.3 is 4.90 Å². The molecule has 1 heterocycles. The van der Waals surface area contributed by atoms with Crippen molar-refractivity contribution in [2.75, 3.05) is 13.1 Å². The van der Waals surface area contributed by atoms with Crippen molar-refractivity contribution >= 4 is 11.7 Å². The molecule has 3 heteroatoms. The summed E-state index contributed by atoms with van der Waals surface area (Å²) >= 11 is 0. The number of hydrogen-bond acceptors (Lipinski definition) is 2. The van der Waals surface area contributed by atoms with E-state index in [1.54, 1.807) is 4.90 Å². The number of benzene rings is 1. The van der Waals surface area contributed by atoms with E-state index >= 15 is 0 Å². The molecule has 1 aromatic carbocycles. The summed E-state index contributed by atoms with van der Waals surface area (Å²) in [6, 6.07) is 2.11. The topological polar surface area (TPSA) is 37.4 Å².